The highest BCUT2D eigenvalue weighted by atomic mass is 16.5. The van der Waals surface area contributed by atoms with Crippen LogP contribution in [0.2, 0.25) is 0 Å². The fraction of sp³-hybridized carbons (Fsp3) is 0.115. The number of phenols is 1. The molecule has 0 amide bonds. The molecular formula is C26H24N2O2. The number of nitrogens with two attached hydrogens (primary N) is 1. The molecule has 4 aromatic rings. The van der Waals surface area contributed by atoms with Gasteiger partial charge in [0, 0.05) is 17.3 Å². The van der Waals surface area contributed by atoms with E-state index in [4.69, 9.17) is 10.5 Å². The predicted octanol–water partition coefficient (Wildman–Crippen LogP) is 5.84. The highest BCUT2D eigenvalue weighted by molar-refractivity contribution is 5.84. The second kappa shape index (κ2) is 8.70. The molecular weight excluding hydrogens is 372 g/mol. The number of benzene rings is 3. The minimum absolute atomic E-state index is 0.225. The van der Waals surface area contributed by atoms with E-state index in [1.54, 1.807) is 12.1 Å². The first-order valence-corrected chi connectivity index (χ1v) is 9.99. The number of rotatable bonds is 6. The van der Waals surface area contributed by atoms with E-state index < -0.39 is 0 Å². The van der Waals surface area contributed by atoms with Crippen molar-refractivity contribution in [1.29, 1.82) is 0 Å². The van der Waals surface area contributed by atoms with Crippen molar-refractivity contribution in [1.82, 2.24) is 4.98 Å². The minimum Gasteiger partial charge on any atom is -0.508 e. The summed E-state index contributed by atoms with van der Waals surface area (Å²) in [6.07, 6.45) is 2.63. The van der Waals surface area contributed by atoms with Crippen molar-refractivity contribution in [3.05, 3.63) is 96.2 Å². The van der Waals surface area contributed by atoms with Crippen LogP contribution in [0, 0.1) is 0 Å². The van der Waals surface area contributed by atoms with Crippen molar-refractivity contribution in [2.45, 2.75) is 20.0 Å². The van der Waals surface area contributed by atoms with E-state index >= 15 is 0 Å². The molecule has 4 heteroatoms. The Hall–Kier alpha value is -3.79. The lowest BCUT2D eigenvalue weighted by Crippen LogP contribution is -2.01. The number of aromatic nitrogens is 1. The molecule has 0 aliphatic rings. The second-order valence-electron chi connectivity index (χ2n) is 7.11. The number of aromatic hydroxyl groups is 1. The fourth-order valence-electron chi connectivity index (χ4n) is 3.63. The van der Waals surface area contributed by atoms with E-state index in [0.29, 0.717) is 12.4 Å². The summed E-state index contributed by atoms with van der Waals surface area (Å²) in [5.41, 5.74) is 12.4. The lowest BCUT2D eigenvalue weighted by molar-refractivity contribution is 0.306. The van der Waals surface area contributed by atoms with Crippen molar-refractivity contribution in [3.63, 3.8) is 0 Å². The maximum absolute atomic E-state index is 9.63. The summed E-state index contributed by atoms with van der Waals surface area (Å²) in [5, 5.41) is 9.63. The Morgan fingerprint density at radius 3 is 2.40 bits per heavy atom. The number of nitrogen functional groups attached to an aromatic ring is 1. The van der Waals surface area contributed by atoms with E-state index in [0.717, 1.165) is 45.6 Å². The van der Waals surface area contributed by atoms with Gasteiger partial charge in [-0.15, -0.1) is 0 Å². The summed E-state index contributed by atoms with van der Waals surface area (Å²) in [4.78, 5) is 4.46. The van der Waals surface area contributed by atoms with Crippen molar-refractivity contribution in [2.24, 2.45) is 0 Å². The Morgan fingerprint density at radius 2 is 1.67 bits per heavy atom. The summed E-state index contributed by atoms with van der Waals surface area (Å²) >= 11 is 0. The first kappa shape index (κ1) is 19.5. The van der Waals surface area contributed by atoms with E-state index in [1.165, 1.54) is 0 Å². The fourth-order valence-corrected chi connectivity index (χ4v) is 3.63. The molecule has 1 heterocycles. The molecule has 4 rings (SSSR count). The molecule has 0 aliphatic carbocycles. The molecule has 0 fully saturated rings. The zero-order valence-electron chi connectivity index (χ0n) is 16.9. The molecule has 0 saturated carbocycles. The quantitative estimate of drug-likeness (QED) is 0.429. The topological polar surface area (TPSA) is 68.4 Å². The van der Waals surface area contributed by atoms with E-state index in [9.17, 15) is 5.11 Å². The van der Waals surface area contributed by atoms with Crippen LogP contribution in [0.3, 0.4) is 0 Å². The third-order valence-corrected chi connectivity index (χ3v) is 5.12. The monoisotopic (exact) mass is 396 g/mol. The van der Waals surface area contributed by atoms with Crippen LogP contribution < -0.4 is 10.5 Å². The first-order valence-electron chi connectivity index (χ1n) is 9.99. The number of hydrogen-bond acceptors (Lipinski definition) is 4. The van der Waals surface area contributed by atoms with Crippen molar-refractivity contribution in [2.75, 3.05) is 5.73 Å². The van der Waals surface area contributed by atoms with Crippen LogP contribution in [0.1, 0.15) is 18.1 Å². The van der Waals surface area contributed by atoms with Crippen LogP contribution >= 0.6 is 0 Å². The Kier molecular flexibility index (Phi) is 5.66. The van der Waals surface area contributed by atoms with Gasteiger partial charge in [-0.25, -0.2) is 4.98 Å². The van der Waals surface area contributed by atoms with E-state index in [-0.39, 0.29) is 5.75 Å². The highest BCUT2D eigenvalue weighted by Crippen LogP contribution is 2.37. The molecule has 0 spiro atoms. The average Bonchev–Trinajstić information content (AvgIpc) is 2.79. The molecule has 4 nitrogen and oxygen atoms in total. The second-order valence-corrected chi connectivity index (χ2v) is 7.11. The zero-order chi connectivity index (χ0) is 20.9. The van der Waals surface area contributed by atoms with Gasteiger partial charge in [-0.1, -0.05) is 61.5 Å². The standard InChI is InChI=1S/C26H24N2O2/c1-2-23-24(16-28-26(27)25(23)19-11-13-21(29)14-12-19)20-9-6-10-22(15-20)30-17-18-7-4-3-5-8-18/h3-16,29H,2,17H2,1H3,(H2,27,28). The largest absolute Gasteiger partial charge is 0.508 e. The molecule has 0 radical (unpaired) electrons. The SMILES string of the molecule is CCc1c(-c2cccc(OCc3ccccc3)c2)cnc(N)c1-c1ccc(O)cc1. The Morgan fingerprint density at radius 1 is 0.900 bits per heavy atom. The number of ether oxygens (including phenoxy) is 1. The van der Waals surface area contributed by atoms with Gasteiger partial charge >= 0.3 is 0 Å². The molecule has 1 aromatic heterocycles. The molecule has 0 unspecified atom stereocenters. The van der Waals surface area contributed by atoms with Gasteiger partial charge in [-0.05, 0) is 52.9 Å². The summed E-state index contributed by atoms with van der Waals surface area (Å²) in [5.74, 6) is 1.52. The molecule has 150 valence electrons. The van der Waals surface area contributed by atoms with Crippen molar-refractivity contribution in [3.8, 4) is 33.8 Å². The summed E-state index contributed by atoms with van der Waals surface area (Å²) in [7, 11) is 0. The van der Waals surface area contributed by atoms with E-state index in [1.807, 2.05) is 66.9 Å². The molecule has 30 heavy (non-hydrogen) atoms. The van der Waals surface area contributed by atoms with Crippen LogP contribution in [-0.4, -0.2) is 10.1 Å². The molecule has 3 aromatic carbocycles. The van der Waals surface area contributed by atoms with Crippen molar-refractivity contribution < 1.29 is 9.84 Å². The Bertz CT molecular complexity index is 1140. The number of pyridine rings is 1. The smallest absolute Gasteiger partial charge is 0.131 e. The number of nitrogens with zero attached hydrogens (tertiary/aromatic N) is 1. The average molecular weight is 396 g/mol. The molecule has 3 N–H and O–H groups in total. The minimum atomic E-state index is 0.225. The first-order chi connectivity index (χ1) is 14.7. The van der Waals surface area contributed by atoms with Crippen LogP contribution in [0.5, 0.6) is 11.5 Å². The summed E-state index contributed by atoms with van der Waals surface area (Å²) in [6, 6.07) is 25.2. The number of hydrogen-bond donors (Lipinski definition) is 2. The van der Waals surface area contributed by atoms with Crippen LogP contribution in [0.4, 0.5) is 5.82 Å². The van der Waals surface area contributed by atoms with Gasteiger partial charge in [0.1, 0.15) is 23.9 Å². The Balaban J connectivity index is 1.70. The van der Waals surface area contributed by atoms with Crippen LogP contribution in [-0.2, 0) is 13.0 Å². The third-order valence-electron chi connectivity index (χ3n) is 5.12. The maximum Gasteiger partial charge on any atom is 0.131 e. The predicted molar refractivity (Wildman–Crippen MR) is 121 cm³/mol. The maximum atomic E-state index is 9.63. The van der Waals surface area contributed by atoms with Gasteiger partial charge in [-0.3, -0.25) is 0 Å². The number of anilines is 1. The lowest BCUT2D eigenvalue weighted by atomic mass is 9.92. The Labute approximate surface area is 176 Å². The number of phenolic OH excluding ortho intramolecular Hbond substituents is 1. The molecule has 0 saturated heterocycles. The van der Waals surface area contributed by atoms with Gasteiger partial charge in [0.2, 0.25) is 0 Å². The summed E-state index contributed by atoms with van der Waals surface area (Å²) in [6.45, 7) is 2.63. The van der Waals surface area contributed by atoms with Gasteiger partial charge < -0.3 is 15.6 Å². The molecule has 0 atom stereocenters. The van der Waals surface area contributed by atoms with Gasteiger partial charge in [0.05, 0.1) is 0 Å². The van der Waals surface area contributed by atoms with Gasteiger partial charge in [0.15, 0.2) is 0 Å². The normalized spacial score (nSPS) is 10.7. The molecule has 0 bridgehead atoms. The summed E-state index contributed by atoms with van der Waals surface area (Å²) < 4.78 is 6.01. The van der Waals surface area contributed by atoms with Crippen LogP contribution in [0.15, 0.2) is 85.1 Å². The van der Waals surface area contributed by atoms with Crippen molar-refractivity contribution >= 4 is 5.82 Å². The third kappa shape index (κ3) is 4.13. The lowest BCUT2D eigenvalue weighted by Gasteiger charge is -2.16. The van der Waals surface area contributed by atoms with Crippen LogP contribution in [0.25, 0.3) is 22.3 Å². The van der Waals surface area contributed by atoms with E-state index in [2.05, 4.69) is 18.0 Å². The van der Waals surface area contributed by atoms with Gasteiger partial charge in [-0.2, -0.15) is 0 Å². The van der Waals surface area contributed by atoms with Gasteiger partial charge in [0.25, 0.3) is 0 Å². The molecule has 0 aliphatic heterocycles. The zero-order valence-corrected chi connectivity index (χ0v) is 16.9. The highest BCUT2D eigenvalue weighted by Gasteiger charge is 2.15.